The van der Waals surface area contributed by atoms with Crippen LogP contribution >= 0.6 is 11.8 Å². The van der Waals surface area contributed by atoms with Gasteiger partial charge in [0.2, 0.25) is 0 Å². The molecule has 1 unspecified atom stereocenters. The first-order chi connectivity index (χ1) is 7.93. The van der Waals surface area contributed by atoms with E-state index < -0.39 is 0 Å². The van der Waals surface area contributed by atoms with E-state index in [4.69, 9.17) is 4.42 Å². The van der Waals surface area contributed by atoms with Crippen LogP contribution in [0.3, 0.4) is 0 Å². The SMILES string of the molecule is c1ccc2c(c1)SCC2NCc1ccoc1. The molecule has 2 aromatic rings. The lowest BCUT2D eigenvalue weighted by Crippen LogP contribution is -2.20. The molecule has 0 bridgehead atoms. The first kappa shape index (κ1) is 10.00. The fourth-order valence-electron chi connectivity index (χ4n) is 1.97. The summed E-state index contributed by atoms with van der Waals surface area (Å²) in [6, 6.07) is 11.1. The van der Waals surface area contributed by atoms with Gasteiger partial charge in [0.25, 0.3) is 0 Å². The zero-order valence-electron chi connectivity index (χ0n) is 8.85. The third kappa shape index (κ3) is 1.88. The number of hydrogen-bond donors (Lipinski definition) is 1. The molecule has 3 rings (SSSR count). The standard InChI is InChI=1S/C13H13NOS/c1-2-4-13-11(3-1)12(9-16-13)14-7-10-5-6-15-8-10/h1-6,8,12,14H,7,9H2. The third-order valence-electron chi connectivity index (χ3n) is 2.83. The van der Waals surface area contributed by atoms with Crippen LogP contribution in [-0.4, -0.2) is 5.75 Å². The highest BCUT2D eigenvalue weighted by Crippen LogP contribution is 2.37. The van der Waals surface area contributed by atoms with Gasteiger partial charge in [-0.1, -0.05) is 18.2 Å². The van der Waals surface area contributed by atoms with Crippen molar-refractivity contribution in [1.29, 1.82) is 0 Å². The molecular formula is C13H13NOS. The van der Waals surface area contributed by atoms with Crippen LogP contribution in [0.15, 0.2) is 52.2 Å². The van der Waals surface area contributed by atoms with E-state index in [2.05, 4.69) is 29.6 Å². The Labute approximate surface area is 99.0 Å². The Bertz CT molecular complexity index is 467. The van der Waals surface area contributed by atoms with Crippen molar-refractivity contribution in [1.82, 2.24) is 5.32 Å². The first-order valence-corrected chi connectivity index (χ1v) is 6.38. The molecule has 16 heavy (non-hydrogen) atoms. The van der Waals surface area contributed by atoms with Gasteiger partial charge >= 0.3 is 0 Å². The predicted molar refractivity (Wildman–Crippen MR) is 65.5 cm³/mol. The number of thioether (sulfide) groups is 1. The molecule has 82 valence electrons. The second-order valence-electron chi connectivity index (χ2n) is 3.91. The summed E-state index contributed by atoms with van der Waals surface area (Å²) < 4.78 is 5.05. The Morgan fingerprint density at radius 3 is 3.12 bits per heavy atom. The van der Waals surface area contributed by atoms with E-state index in [9.17, 15) is 0 Å². The molecule has 0 spiro atoms. The van der Waals surface area contributed by atoms with Crippen molar-refractivity contribution < 1.29 is 4.42 Å². The largest absolute Gasteiger partial charge is 0.472 e. The second-order valence-corrected chi connectivity index (χ2v) is 4.98. The molecule has 0 fully saturated rings. The fraction of sp³-hybridized carbons (Fsp3) is 0.231. The Morgan fingerprint density at radius 2 is 2.25 bits per heavy atom. The summed E-state index contributed by atoms with van der Waals surface area (Å²) in [5, 5.41) is 3.56. The number of nitrogens with one attached hydrogen (secondary N) is 1. The maximum Gasteiger partial charge on any atom is 0.0947 e. The van der Waals surface area contributed by atoms with Crippen molar-refractivity contribution in [3.05, 3.63) is 54.0 Å². The van der Waals surface area contributed by atoms with Gasteiger partial charge in [-0.25, -0.2) is 0 Å². The van der Waals surface area contributed by atoms with Crippen molar-refractivity contribution in [2.24, 2.45) is 0 Å². The zero-order chi connectivity index (χ0) is 10.8. The Balaban J connectivity index is 1.69. The number of rotatable bonds is 3. The van der Waals surface area contributed by atoms with Crippen LogP contribution in [0, 0.1) is 0 Å². The van der Waals surface area contributed by atoms with E-state index in [1.165, 1.54) is 16.0 Å². The second kappa shape index (κ2) is 4.36. The molecule has 1 aliphatic heterocycles. The normalized spacial score (nSPS) is 18.6. The lowest BCUT2D eigenvalue weighted by Gasteiger charge is -2.11. The minimum Gasteiger partial charge on any atom is -0.472 e. The molecule has 2 nitrogen and oxygen atoms in total. The summed E-state index contributed by atoms with van der Waals surface area (Å²) in [5.41, 5.74) is 2.63. The molecule has 0 saturated heterocycles. The van der Waals surface area contributed by atoms with Gasteiger partial charge in [-0.05, 0) is 17.7 Å². The van der Waals surface area contributed by atoms with Gasteiger partial charge in [-0.3, -0.25) is 0 Å². The smallest absolute Gasteiger partial charge is 0.0947 e. The third-order valence-corrected chi connectivity index (χ3v) is 4.02. The molecule has 0 saturated carbocycles. The van der Waals surface area contributed by atoms with E-state index >= 15 is 0 Å². The highest BCUT2D eigenvalue weighted by atomic mass is 32.2. The van der Waals surface area contributed by atoms with Crippen LogP contribution in [0.25, 0.3) is 0 Å². The monoisotopic (exact) mass is 231 g/mol. The van der Waals surface area contributed by atoms with Crippen LogP contribution in [-0.2, 0) is 6.54 Å². The Kier molecular flexibility index (Phi) is 2.72. The molecule has 0 amide bonds. The topological polar surface area (TPSA) is 25.2 Å². The minimum atomic E-state index is 0.469. The summed E-state index contributed by atoms with van der Waals surface area (Å²) >= 11 is 1.93. The van der Waals surface area contributed by atoms with Crippen LogP contribution in [0.2, 0.25) is 0 Å². The van der Waals surface area contributed by atoms with E-state index in [0.717, 1.165) is 12.3 Å². The van der Waals surface area contributed by atoms with Crippen molar-refractivity contribution in [3.63, 3.8) is 0 Å². The molecule has 0 aliphatic carbocycles. The maximum atomic E-state index is 5.05. The molecular weight excluding hydrogens is 218 g/mol. The quantitative estimate of drug-likeness (QED) is 0.878. The van der Waals surface area contributed by atoms with Gasteiger partial charge in [0.1, 0.15) is 0 Å². The summed E-state index contributed by atoms with van der Waals surface area (Å²) in [6.07, 6.45) is 3.51. The molecule has 1 N–H and O–H groups in total. The van der Waals surface area contributed by atoms with Crippen molar-refractivity contribution in [3.8, 4) is 0 Å². The van der Waals surface area contributed by atoms with E-state index in [0.29, 0.717) is 6.04 Å². The zero-order valence-corrected chi connectivity index (χ0v) is 9.67. The predicted octanol–water partition coefficient (Wildman–Crippen LogP) is 3.22. The van der Waals surface area contributed by atoms with Gasteiger partial charge in [0.05, 0.1) is 12.5 Å². The van der Waals surface area contributed by atoms with Gasteiger partial charge < -0.3 is 9.73 Å². The van der Waals surface area contributed by atoms with Crippen molar-refractivity contribution in [2.75, 3.05) is 5.75 Å². The average molecular weight is 231 g/mol. The molecule has 3 heteroatoms. The van der Waals surface area contributed by atoms with E-state index in [1.807, 2.05) is 17.8 Å². The number of fused-ring (bicyclic) bond motifs is 1. The molecule has 2 heterocycles. The summed E-state index contributed by atoms with van der Waals surface area (Å²) in [7, 11) is 0. The molecule has 0 radical (unpaired) electrons. The van der Waals surface area contributed by atoms with Crippen LogP contribution < -0.4 is 5.32 Å². The van der Waals surface area contributed by atoms with E-state index in [1.54, 1.807) is 12.5 Å². The van der Waals surface area contributed by atoms with E-state index in [-0.39, 0.29) is 0 Å². The number of benzene rings is 1. The highest BCUT2D eigenvalue weighted by Gasteiger charge is 2.21. The summed E-state index contributed by atoms with van der Waals surface area (Å²) in [5.74, 6) is 1.12. The van der Waals surface area contributed by atoms with Crippen molar-refractivity contribution in [2.45, 2.75) is 17.5 Å². The Hall–Kier alpha value is -1.19. The van der Waals surface area contributed by atoms with Crippen LogP contribution in [0.4, 0.5) is 0 Å². The summed E-state index contributed by atoms with van der Waals surface area (Å²) in [4.78, 5) is 1.41. The lowest BCUT2D eigenvalue weighted by molar-refractivity contribution is 0.549. The van der Waals surface area contributed by atoms with Gasteiger partial charge in [0, 0.05) is 28.8 Å². The summed E-state index contributed by atoms with van der Waals surface area (Å²) in [6.45, 7) is 0.871. The van der Waals surface area contributed by atoms with Gasteiger partial charge in [-0.2, -0.15) is 0 Å². The van der Waals surface area contributed by atoms with Crippen molar-refractivity contribution >= 4 is 11.8 Å². The molecule has 1 aliphatic rings. The van der Waals surface area contributed by atoms with Crippen LogP contribution in [0.1, 0.15) is 17.2 Å². The molecule has 1 atom stereocenters. The van der Waals surface area contributed by atoms with Gasteiger partial charge in [0.15, 0.2) is 0 Å². The minimum absolute atomic E-state index is 0.469. The lowest BCUT2D eigenvalue weighted by atomic mass is 10.1. The van der Waals surface area contributed by atoms with Gasteiger partial charge in [-0.15, -0.1) is 11.8 Å². The first-order valence-electron chi connectivity index (χ1n) is 5.39. The fourth-order valence-corrected chi connectivity index (χ4v) is 3.16. The number of furan rings is 1. The number of hydrogen-bond acceptors (Lipinski definition) is 3. The highest BCUT2D eigenvalue weighted by molar-refractivity contribution is 7.99. The molecule has 1 aromatic carbocycles. The Morgan fingerprint density at radius 1 is 1.31 bits per heavy atom. The average Bonchev–Trinajstić information content (AvgIpc) is 2.96. The molecule has 1 aromatic heterocycles. The van der Waals surface area contributed by atoms with Crippen LogP contribution in [0.5, 0.6) is 0 Å². The maximum absolute atomic E-state index is 5.05.